The lowest BCUT2D eigenvalue weighted by Gasteiger charge is -2.33. The largest absolute Gasteiger partial charge is 0.444 e. The summed E-state index contributed by atoms with van der Waals surface area (Å²) in [6.45, 7) is 13.9. The van der Waals surface area contributed by atoms with Gasteiger partial charge in [-0.3, -0.25) is 0 Å². The first-order chi connectivity index (χ1) is 8.57. The first-order valence-electron chi connectivity index (χ1n) is 7.10. The Balaban J connectivity index is 2.55. The van der Waals surface area contributed by atoms with E-state index in [2.05, 4.69) is 30.5 Å². The van der Waals surface area contributed by atoms with Crippen LogP contribution in [0.25, 0.3) is 0 Å². The molecule has 1 unspecified atom stereocenters. The van der Waals surface area contributed by atoms with E-state index in [1.807, 2.05) is 25.7 Å². The van der Waals surface area contributed by atoms with E-state index in [1.54, 1.807) is 0 Å². The van der Waals surface area contributed by atoms with E-state index in [-0.39, 0.29) is 6.09 Å². The zero-order chi connectivity index (χ0) is 14.7. The molecule has 1 aliphatic heterocycles. The molecule has 1 heterocycles. The van der Waals surface area contributed by atoms with Crippen molar-refractivity contribution in [2.24, 2.45) is 10.6 Å². The lowest BCUT2D eigenvalue weighted by molar-refractivity contribution is 0.0195. The second kappa shape index (κ2) is 6.07. The molecule has 1 aliphatic rings. The van der Waals surface area contributed by atoms with Crippen LogP contribution in [0.15, 0.2) is 4.66 Å². The maximum atomic E-state index is 12.0. The highest BCUT2D eigenvalue weighted by Gasteiger charge is 2.27. The summed E-state index contributed by atoms with van der Waals surface area (Å²) in [7, 11) is -1.39. The topological polar surface area (TPSA) is 41.9 Å². The van der Waals surface area contributed by atoms with Gasteiger partial charge >= 0.3 is 6.09 Å². The molecule has 110 valence electrons. The third-order valence-electron chi connectivity index (χ3n) is 2.78. The summed E-state index contributed by atoms with van der Waals surface area (Å²) in [6, 6.07) is 0. The lowest BCUT2D eigenvalue weighted by Crippen LogP contribution is -2.43. The number of likely N-dealkylation sites (tertiary alicyclic amines) is 1. The SMILES string of the molecule is CC(C)(C)OC(=O)N1CCCC(/C=N\[Si](C)(C)C)C1. The van der Waals surface area contributed by atoms with Crippen LogP contribution in [0.5, 0.6) is 0 Å². The highest BCUT2D eigenvalue weighted by atomic mass is 28.3. The van der Waals surface area contributed by atoms with Gasteiger partial charge in [0.25, 0.3) is 0 Å². The zero-order valence-electron chi connectivity index (χ0n) is 13.2. The quantitative estimate of drug-likeness (QED) is 0.575. The van der Waals surface area contributed by atoms with Gasteiger partial charge in [-0.05, 0) is 59.5 Å². The molecule has 0 N–H and O–H groups in total. The second-order valence-electron chi connectivity index (χ2n) is 7.28. The Morgan fingerprint density at radius 2 is 2.00 bits per heavy atom. The van der Waals surface area contributed by atoms with Crippen LogP contribution in [0.4, 0.5) is 4.79 Å². The van der Waals surface area contributed by atoms with Gasteiger partial charge in [0.15, 0.2) is 8.24 Å². The van der Waals surface area contributed by atoms with Gasteiger partial charge in [-0.1, -0.05) is 0 Å². The van der Waals surface area contributed by atoms with Gasteiger partial charge in [0.1, 0.15) is 5.60 Å². The highest BCUT2D eigenvalue weighted by molar-refractivity contribution is 6.75. The van der Waals surface area contributed by atoms with Crippen LogP contribution < -0.4 is 0 Å². The van der Waals surface area contributed by atoms with Crippen molar-refractivity contribution in [2.75, 3.05) is 13.1 Å². The Labute approximate surface area is 118 Å². The molecular formula is C14H28N2O2Si. The summed E-state index contributed by atoms with van der Waals surface area (Å²) in [6.07, 6.45) is 4.02. The summed E-state index contributed by atoms with van der Waals surface area (Å²) in [4.78, 5) is 13.8. The molecule has 0 saturated carbocycles. The van der Waals surface area contributed by atoms with E-state index in [9.17, 15) is 4.79 Å². The van der Waals surface area contributed by atoms with E-state index in [4.69, 9.17) is 4.74 Å². The number of amides is 1. The fourth-order valence-electron chi connectivity index (χ4n) is 1.95. The number of ether oxygens (including phenoxy) is 1. The Hall–Kier alpha value is -0.843. The number of rotatable bonds is 2. The number of piperidine rings is 1. The fraction of sp³-hybridized carbons (Fsp3) is 0.857. The Kier molecular flexibility index (Phi) is 5.18. The van der Waals surface area contributed by atoms with Gasteiger partial charge < -0.3 is 14.3 Å². The molecule has 1 amide bonds. The average molecular weight is 284 g/mol. The third kappa shape index (κ3) is 6.75. The number of carbonyl (C=O) groups excluding carboxylic acids is 1. The minimum absolute atomic E-state index is 0.196. The van der Waals surface area contributed by atoms with Crippen molar-refractivity contribution >= 4 is 20.5 Å². The summed E-state index contributed by atoms with van der Waals surface area (Å²) in [5.41, 5.74) is -0.420. The van der Waals surface area contributed by atoms with E-state index in [1.165, 1.54) is 0 Å². The maximum Gasteiger partial charge on any atom is 0.410 e. The van der Waals surface area contributed by atoms with Gasteiger partial charge in [-0.15, -0.1) is 0 Å². The summed E-state index contributed by atoms with van der Waals surface area (Å²) < 4.78 is 10.1. The molecule has 0 bridgehead atoms. The molecule has 0 aromatic heterocycles. The van der Waals surface area contributed by atoms with Crippen LogP contribution >= 0.6 is 0 Å². The molecule has 0 spiro atoms. The predicted molar refractivity (Wildman–Crippen MR) is 82.4 cm³/mol. The normalized spacial score (nSPS) is 21.8. The van der Waals surface area contributed by atoms with Crippen molar-refractivity contribution in [3.05, 3.63) is 0 Å². The Morgan fingerprint density at radius 3 is 2.53 bits per heavy atom. The molecule has 1 rings (SSSR count). The Bertz CT molecular complexity index is 342. The van der Waals surface area contributed by atoms with Crippen LogP contribution in [0.2, 0.25) is 19.6 Å². The van der Waals surface area contributed by atoms with Crippen molar-refractivity contribution in [1.29, 1.82) is 0 Å². The van der Waals surface area contributed by atoms with Crippen molar-refractivity contribution in [3.63, 3.8) is 0 Å². The second-order valence-corrected chi connectivity index (χ2v) is 11.9. The van der Waals surface area contributed by atoms with Crippen molar-refractivity contribution in [2.45, 2.75) is 58.9 Å². The van der Waals surface area contributed by atoms with Crippen LogP contribution in [0, 0.1) is 5.92 Å². The van der Waals surface area contributed by atoms with Crippen LogP contribution in [-0.2, 0) is 4.74 Å². The molecule has 19 heavy (non-hydrogen) atoms. The van der Waals surface area contributed by atoms with Crippen molar-refractivity contribution in [1.82, 2.24) is 4.90 Å². The standard InChI is InChI=1S/C14H28N2O2Si/c1-14(2,3)18-13(17)16-9-7-8-12(11-16)10-15-19(4,5)6/h10,12H,7-9,11H2,1-6H3/b15-10-. The summed E-state index contributed by atoms with van der Waals surface area (Å²) >= 11 is 0. The molecular weight excluding hydrogens is 256 g/mol. The molecule has 4 nitrogen and oxygen atoms in total. The lowest BCUT2D eigenvalue weighted by atomic mass is 10.00. The number of hydrogen-bond donors (Lipinski definition) is 0. The maximum absolute atomic E-state index is 12.0. The van der Waals surface area contributed by atoms with Gasteiger partial charge in [0.2, 0.25) is 0 Å². The third-order valence-corrected chi connectivity index (χ3v) is 3.71. The van der Waals surface area contributed by atoms with E-state index in [0.29, 0.717) is 5.92 Å². The van der Waals surface area contributed by atoms with Crippen LogP contribution in [0.3, 0.4) is 0 Å². The van der Waals surface area contributed by atoms with Crippen LogP contribution in [0.1, 0.15) is 33.6 Å². The monoisotopic (exact) mass is 284 g/mol. The fourth-order valence-corrected chi connectivity index (χ4v) is 2.61. The van der Waals surface area contributed by atoms with E-state index >= 15 is 0 Å². The first kappa shape index (κ1) is 16.2. The molecule has 0 radical (unpaired) electrons. The first-order valence-corrected chi connectivity index (χ1v) is 10.5. The molecule has 1 atom stereocenters. The number of carbonyl (C=O) groups is 1. The molecule has 1 fully saturated rings. The molecule has 0 aliphatic carbocycles. The van der Waals surface area contributed by atoms with E-state index < -0.39 is 13.8 Å². The molecule has 5 heteroatoms. The highest BCUT2D eigenvalue weighted by Crippen LogP contribution is 2.18. The summed E-state index contributed by atoms with van der Waals surface area (Å²) in [5.74, 6) is 0.382. The predicted octanol–water partition coefficient (Wildman–Crippen LogP) is 3.54. The minimum atomic E-state index is -1.39. The number of hydrogen-bond acceptors (Lipinski definition) is 3. The van der Waals surface area contributed by atoms with Gasteiger partial charge in [-0.2, -0.15) is 0 Å². The zero-order valence-corrected chi connectivity index (χ0v) is 14.2. The van der Waals surface area contributed by atoms with E-state index in [0.717, 1.165) is 25.9 Å². The van der Waals surface area contributed by atoms with Crippen LogP contribution in [-0.4, -0.2) is 44.1 Å². The molecule has 0 aromatic carbocycles. The van der Waals surface area contributed by atoms with Gasteiger partial charge in [-0.25, -0.2) is 4.79 Å². The Morgan fingerprint density at radius 1 is 1.37 bits per heavy atom. The van der Waals surface area contributed by atoms with Crippen molar-refractivity contribution in [3.8, 4) is 0 Å². The molecule has 1 saturated heterocycles. The summed E-state index contributed by atoms with van der Waals surface area (Å²) in [5, 5.41) is 0. The minimum Gasteiger partial charge on any atom is -0.444 e. The van der Waals surface area contributed by atoms with Crippen molar-refractivity contribution < 1.29 is 9.53 Å². The van der Waals surface area contributed by atoms with Gasteiger partial charge in [0.05, 0.1) is 0 Å². The number of nitrogens with zero attached hydrogens (tertiary/aromatic N) is 2. The molecule has 0 aromatic rings. The van der Waals surface area contributed by atoms with Gasteiger partial charge in [0, 0.05) is 19.0 Å². The smallest absolute Gasteiger partial charge is 0.410 e. The average Bonchev–Trinajstić information content (AvgIpc) is 2.23.